The van der Waals surface area contributed by atoms with Crippen molar-refractivity contribution >= 4 is 50.7 Å². The number of halogens is 2. The van der Waals surface area contributed by atoms with Crippen LogP contribution in [0.2, 0.25) is 10.0 Å². The molecule has 2 aromatic rings. The zero-order valence-corrected chi connectivity index (χ0v) is 16.4. The third-order valence-corrected chi connectivity index (χ3v) is 6.07. The van der Waals surface area contributed by atoms with Gasteiger partial charge in [0, 0.05) is 11.3 Å². The monoisotopic (exact) mass is 427 g/mol. The van der Waals surface area contributed by atoms with Crippen LogP contribution in [0.3, 0.4) is 0 Å². The molecule has 1 saturated heterocycles. The van der Waals surface area contributed by atoms with E-state index in [1.165, 1.54) is 41.4 Å². The standard InChI is InChI=1S/C17H15Cl2N3O4S/c1-10-7-16(23)20-22(10)17(24)11-3-2-4-12(8-11)21-27(25,26)13-5-6-14(18)15(19)9-13/h2-6,8-10,21H,7H2,1H3,(H,20,23)/t10-/m0/s1. The van der Waals surface area contributed by atoms with Crippen LogP contribution in [0.4, 0.5) is 5.69 Å². The van der Waals surface area contributed by atoms with Gasteiger partial charge in [0.15, 0.2) is 0 Å². The smallest absolute Gasteiger partial charge is 0.272 e. The SMILES string of the molecule is C[C@H]1CC(=O)NN1C(=O)c1cccc(NS(=O)(=O)c2ccc(Cl)c(Cl)c2)c1. The van der Waals surface area contributed by atoms with Gasteiger partial charge in [0.25, 0.3) is 15.9 Å². The van der Waals surface area contributed by atoms with Crippen LogP contribution >= 0.6 is 23.2 Å². The average Bonchev–Trinajstić information content (AvgIpc) is 2.94. The van der Waals surface area contributed by atoms with Crippen LogP contribution in [-0.4, -0.2) is 31.3 Å². The normalized spacial score (nSPS) is 16.9. The Bertz CT molecular complexity index is 1030. The van der Waals surface area contributed by atoms with Gasteiger partial charge in [0.1, 0.15) is 0 Å². The Balaban J connectivity index is 1.84. The van der Waals surface area contributed by atoms with Gasteiger partial charge in [0.05, 0.1) is 27.4 Å². The fraction of sp³-hybridized carbons (Fsp3) is 0.176. The molecule has 1 aliphatic rings. The van der Waals surface area contributed by atoms with Crippen LogP contribution < -0.4 is 10.1 Å². The Kier molecular flexibility index (Phi) is 5.32. The zero-order chi connectivity index (χ0) is 19.8. The highest BCUT2D eigenvalue weighted by molar-refractivity contribution is 7.92. The highest BCUT2D eigenvalue weighted by atomic mass is 35.5. The summed E-state index contributed by atoms with van der Waals surface area (Å²) in [5.74, 6) is -0.670. The van der Waals surface area contributed by atoms with Gasteiger partial charge in [0.2, 0.25) is 5.91 Å². The number of hydrogen-bond donors (Lipinski definition) is 2. The number of sulfonamides is 1. The van der Waals surface area contributed by atoms with E-state index in [1.807, 2.05) is 0 Å². The van der Waals surface area contributed by atoms with Crippen molar-refractivity contribution in [3.8, 4) is 0 Å². The van der Waals surface area contributed by atoms with Crippen LogP contribution in [0, 0.1) is 0 Å². The Morgan fingerprint density at radius 2 is 1.93 bits per heavy atom. The zero-order valence-electron chi connectivity index (χ0n) is 14.1. The van der Waals surface area contributed by atoms with E-state index in [1.54, 1.807) is 13.0 Å². The second-order valence-corrected chi connectivity index (χ2v) is 8.52. The molecule has 0 aromatic heterocycles. The molecule has 1 aliphatic heterocycles. The molecule has 3 rings (SSSR count). The summed E-state index contributed by atoms with van der Waals surface area (Å²) in [6.07, 6.45) is 0.218. The number of nitrogens with one attached hydrogen (secondary N) is 2. The van der Waals surface area contributed by atoms with E-state index >= 15 is 0 Å². The second kappa shape index (κ2) is 7.38. The average molecular weight is 428 g/mol. The summed E-state index contributed by atoms with van der Waals surface area (Å²) in [4.78, 5) is 24.0. The Morgan fingerprint density at radius 1 is 1.19 bits per heavy atom. The van der Waals surface area contributed by atoms with E-state index in [0.29, 0.717) is 0 Å². The van der Waals surface area contributed by atoms with Crippen molar-refractivity contribution in [2.45, 2.75) is 24.3 Å². The van der Waals surface area contributed by atoms with Crippen LogP contribution in [0.25, 0.3) is 0 Å². The van der Waals surface area contributed by atoms with Crippen molar-refractivity contribution in [1.82, 2.24) is 10.4 Å². The number of hydrazine groups is 1. The van der Waals surface area contributed by atoms with Gasteiger partial charge < -0.3 is 0 Å². The molecule has 0 aliphatic carbocycles. The van der Waals surface area contributed by atoms with Gasteiger partial charge in [-0.05, 0) is 43.3 Å². The molecule has 10 heteroatoms. The molecule has 2 aromatic carbocycles. The van der Waals surface area contributed by atoms with Crippen molar-refractivity contribution < 1.29 is 18.0 Å². The number of nitrogens with zero attached hydrogens (tertiary/aromatic N) is 1. The lowest BCUT2D eigenvalue weighted by atomic mass is 10.1. The van der Waals surface area contributed by atoms with E-state index in [0.717, 1.165) is 0 Å². The van der Waals surface area contributed by atoms with Gasteiger partial charge in [-0.25, -0.2) is 13.4 Å². The third kappa shape index (κ3) is 4.18. The van der Waals surface area contributed by atoms with Crippen molar-refractivity contribution in [2.24, 2.45) is 0 Å². The predicted molar refractivity (Wildman–Crippen MR) is 102 cm³/mol. The number of rotatable bonds is 4. The summed E-state index contributed by atoms with van der Waals surface area (Å²) >= 11 is 11.7. The third-order valence-electron chi connectivity index (χ3n) is 3.95. The van der Waals surface area contributed by atoms with Crippen molar-refractivity contribution in [2.75, 3.05) is 4.72 Å². The first-order chi connectivity index (χ1) is 12.7. The van der Waals surface area contributed by atoms with Gasteiger partial charge in [-0.1, -0.05) is 29.3 Å². The van der Waals surface area contributed by atoms with Crippen LogP contribution in [0.1, 0.15) is 23.7 Å². The molecule has 7 nitrogen and oxygen atoms in total. The minimum atomic E-state index is -3.92. The Morgan fingerprint density at radius 3 is 2.56 bits per heavy atom. The molecule has 2 N–H and O–H groups in total. The molecule has 27 heavy (non-hydrogen) atoms. The molecule has 0 saturated carbocycles. The fourth-order valence-electron chi connectivity index (χ4n) is 2.61. The molecule has 1 fully saturated rings. The molecular weight excluding hydrogens is 413 g/mol. The first kappa shape index (κ1) is 19.5. The number of amides is 2. The molecule has 1 atom stereocenters. The lowest BCUT2D eigenvalue weighted by molar-refractivity contribution is -0.120. The van der Waals surface area contributed by atoms with Crippen LogP contribution in [-0.2, 0) is 14.8 Å². The molecule has 1 heterocycles. The van der Waals surface area contributed by atoms with Gasteiger partial charge in [-0.2, -0.15) is 0 Å². The number of benzene rings is 2. The van der Waals surface area contributed by atoms with E-state index in [-0.39, 0.29) is 44.6 Å². The molecule has 142 valence electrons. The maximum Gasteiger partial charge on any atom is 0.272 e. The number of hydrogen-bond acceptors (Lipinski definition) is 4. The topological polar surface area (TPSA) is 95.6 Å². The van der Waals surface area contributed by atoms with Gasteiger partial charge in [-0.15, -0.1) is 0 Å². The summed E-state index contributed by atoms with van der Waals surface area (Å²) in [7, 11) is -3.92. The minimum Gasteiger partial charge on any atom is -0.280 e. The molecule has 0 unspecified atom stereocenters. The quantitative estimate of drug-likeness (QED) is 0.783. The highest BCUT2D eigenvalue weighted by Crippen LogP contribution is 2.26. The first-order valence-corrected chi connectivity index (χ1v) is 10.1. The van der Waals surface area contributed by atoms with E-state index < -0.39 is 15.9 Å². The largest absolute Gasteiger partial charge is 0.280 e. The summed E-state index contributed by atoms with van der Waals surface area (Å²) in [6.45, 7) is 1.74. The van der Waals surface area contributed by atoms with Gasteiger partial charge >= 0.3 is 0 Å². The number of carbonyl (C=O) groups excluding carboxylic acids is 2. The fourth-order valence-corrected chi connectivity index (χ4v) is 4.05. The van der Waals surface area contributed by atoms with Crippen LogP contribution in [0.15, 0.2) is 47.4 Å². The predicted octanol–water partition coefficient (Wildman–Crippen LogP) is 3.06. The summed E-state index contributed by atoms with van der Waals surface area (Å²) < 4.78 is 27.5. The molecule has 2 amide bonds. The summed E-state index contributed by atoms with van der Waals surface area (Å²) in [5, 5.41) is 1.58. The molecule has 0 spiro atoms. The van der Waals surface area contributed by atoms with Crippen LogP contribution in [0.5, 0.6) is 0 Å². The minimum absolute atomic E-state index is 0.0611. The van der Waals surface area contributed by atoms with Crippen molar-refractivity contribution in [3.63, 3.8) is 0 Å². The number of carbonyl (C=O) groups is 2. The molecular formula is C17H15Cl2N3O4S. The maximum absolute atomic E-state index is 12.6. The lowest BCUT2D eigenvalue weighted by Crippen LogP contribution is -2.42. The van der Waals surface area contributed by atoms with Gasteiger partial charge in [-0.3, -0.25) is 19.7 Å². The maximum atomic E-state index is 12.6. The van der Waals surface area contributed by atoms with E-state index in [9.17, 15) is 18.0 Å². The lowest BCUT2D eigenvalue weighted by Gasteiger charge is -2.20. The molecule has 0 radical (unpaired) electrons. The van der Waals surface area contributed by atoms with E-state index in [4.69, 9.17) is 23.2 Å². The van der Waals surface area contributed by atoms with E-state index in [2.05, 4.69) is 10.1 Å². The molecule has 0 bridgehead atoms. The second-order valence-electron chi connectivity index (χ2n) is 6.03. The Hall–Kier alpha value is -2.29. The summed E-state index contributed by atoms with van der Waals surface area (Å²) in [5.41, 5.74) is 2.92. The first-order valence-electron chi connectivity index (χ1n) is 7.88. The van der Waals surface area contributed by atoms with Crippen molar-refractivity contribution in [1.29, 1.82) is 0 Å². The highest BCUT2D eigenvalue weighted by Gasteiger charge is 2.31. The number of anilines is 1. The van der Waals surface area contributed by atoms with Crippen molar-refractivity contribution in [3.05, 3.63) is 58.1 Å². The Labute approximate surface area is 166 Å². The summed E-state index contributed by atoms with van der Waals surface area (Å²) in [6, 6.07) is 9.65.